The van der Waals surface area contributed by atoms with Crippen LogP contribution in [0.15, 0.2) is 71.9 Å². The van der Waals surface area contributed by atoms with E-state index in [1.54, 1.807) is 11.8 Å². The Morgan fingerprint density at radius 3 is 2.38 bits per heavy atom. The van der Waals surface area contributed by atoms with E-state index in [-0.39, 0.29) is 0 Å². The molecule has 0 saturated heterocycles. The molecule has 0 N–H and O–H groups in total. The van der Waals surface area contributed by atoms with E-state index >= 15 is 0 Å². The predicted molar refractivity (Wildman–Crippen MR) is 97.0 cm³/mol. The fourth-order valence-electron chi connectivity index (χ4n) is 2.59. The van der Waals surface area contributed by atoms with Crippen LogP contribution in [0, 0.1) is 6.92 Å². The van der Waals surface area contributed by atoms with E-state index in [9.17, 15) is 0 Å². The maximum absolute atomic E-state index is 4.87. The minimum absolute atomic E-state index is 0.830. The van der Waals surface area contributed by atoms with Crippen molar-refractivity contribution >= 4 is 17.4 Å². The lowest BCUT2D eigenvalue weighted by Gasteiger charge is -2.08. The van der Waals surface area contributed by atoms with Crippen molar-refractivity contribution in [2.24, 2.45) is 0 Å². The van der Waals surface area contributed by atoms with Crippen molar-refractivity contribution in [3.8, 4) is 11.3 Å². The minimum atomic E-state index is 0.830. The minimum Gasteiger partial charge on any atom is -0.257 e. The molecule has 4 aromatic rings. The Morgan fingerprint density at radius 1 is 0.917 bits per heavy atom. The summed E-state index contributed by atoms with van der Waals surface area (Å²) in [4.78, 5) is 4.87. The van der Waals surface area contributed by atoms with E-state index < -0.39 is 0 Å². The Hall–Kier alpha value is -2.66. The summed E-state index contributed by atoms with van der Waals surface area (Å²) in [6.07, 6.45) is 0. The largest absolute Gasteiger partial charge is 0.257 e. The molecule has 0 unspecified atom stereocenters. The van der Waals surface area contributed by atoms with E-state index in [1.165, 1.54) is 5.56 Å². The van der Waals surface area contributed by atoms with Crippen LogP contribution in [0.3, 0.4) is 0 Å². The zero-order valence-electron chi connectivity index (χ0n) is 13.3. The first kappa shape index (κ1) is 14.9. The van der Waals surface area contributed by atoms with Crippen molar-refractivity contribution in [2.45, 2.75) is 17.8 Å². The van der Waals surface area contributed by atoms with Crippen LogP contribution in [-0.2, 0) is 5.75 Å². The Kier molecular flexibility index (Phi) is 4.01. The standard InChI is InChI=1S/C19H16N4S/c1-14-21-22-18-12-17(16-10-6-3-7-11-16)20-19(23(14)18)24-13-15-8-4-2-5-9-15/h2-12H,13H2,1H3. The van der Waals surface area contributed by atoms with Crippen LogP contribution in [0.25, 0.3) is 16.9 Å². The van der Waals surface area contributed by atoms with Crippen LogP contribution in [0.2, 0.25) is 0 Å². The highest BCUT2D eigenvalue weighted by Crippen LogP contribution is 2.26. The van der Waals surface area contributed by atoms with Gasteiger partial charge in [-0.2, -0.15) is 0 Å². The van der Waals surface area contributed by atoms with Gasteiger partial charge in [0.1, 0.15) is 5.82 Å². The third-order valence-electron chi connectivity index (χ3n) is 3.80. The molecule has 2 aromatic carbocycles. The number of fused-ring (bicyclic) bond motifs is 1. The summed E-state index contributed by atoms with van der Waals surface area (Å²) < 4.78 is 2.01. The highest BCUT2D eigenvalue weighted by molar-refractivity contribution is 7.98. The fraction of sp³-hybridized carbons (Fsp3) is 0.105. The Labute approximate surface area is 144 Å². The monoisotopic (exact) mass is 332 g/mol. The van der Waals surface area contributed by atoms with E-state index in [2.05, 4.69) is 46.6 Å². The number of hydrogen-bond acceptors (Lipinski definition) is 4. The van der Waals surface area contributed by atoms with Crippen LogP contribution in [0.5, 0.6) is 0 Å². The average Bonchev–Trinajstić information content (AvgIpc) is 3.02. The molecule has 0 aliphatic rings. The van der Waals surface area contributed by atoms with Crippen LogP contribution in [0.1, 0.15) is 11.4 Å². The van der Waals surface area contributed by atoms with Crippen LogP contribution < -0.4 is 0 Å². The lowest BCUT2D eigenvalue weighted by Crippen LogP contribution is -1.99. The molecule has 0 aliphatic heterocycles. The molecular weight excluding hydrogens is 316 g/mol. The summed E-state index contributed by atoms with van der Waals surface area (Å²) in [5.41, 5.74) is 4.11. The van der Waals surface area contributed by atoms with Crippen molar-refractivity contribution in [1.82, 2.24) is 19.6 Å². The lowest BCUT2D eigenvalue weighted by molar-refractivity contribution is 0.863. The zero-order chi connectivity index (χ0) is 16.4. The van der Waals surface area contributed by atoms with Gasteiger partial charge in [0, 0.05) is 17.4 Å². The fourth-order valence-corrected chi connectivity index (χ4v) is 3.60. The first-order valence-electron chi connectivity index (χ1n) is 7.76. The molecule has 5 heteroatoms. The summed E-state index contributed by atoms with van der Waals surface area (Å²) in [5, 5.41) is 9.40. The first-order chi connectivity index (χ1) is 11.8. The van der Waals surface area contributed by atoms with E-state index in [1.807, 2.05) is 41.7 Å². The molecule has 4 nitrogen and oxygen atoms in total. The summed E-state index contributed by atoms with van der Waals surface area (Å²) in [5.74, 6) is 1.71. The molecule has 24 heavy (non-hydrogen) atoms. The number of hydrogen-bond donors (Lipinski definition) is 0. The summed E-state index contributed by atoms with van der Waals surface area (Å²) >= 11 is 1.70. The van der Waals surface area contributed by atoms with Gasteiger partial charge in [-0.1, -0.05) is 72.4 Å². The quantitative estimate of drug-likeness (QED) is 0.410. The van der Waals surface area contributed by atoms with E-state index in [4.69, 9.17) is 4.98 Å². The smallest absolute Gasteiger partial charge is 0.176 e. The number of aryl methyl sites for hydroxylation is 1. The van der Waals surface area contributed by atoms with Crippen molar-refractivity contribution in [3.63, 3.8) is 0 Å². The van der Waals surface area contributed by atoms with E-state index in [0.717, 1.165) is 33.6 Å². The van der Waals surface area contributed by atoms with Gasteiger partial charge in [0.15, 0.2) is 10.8 Å². The first-order valence-corrected chi connectivity index (χ1v) is 8.75. The number of aromatic nitrogens is 4. The SMILES string of the molecule is Cc1nnc2cc(-c3ccccc3)nc(SCc3ccccc3)n12. The highest BCUT2D eigenvalue weighted by atomic mass is 32.2. The maximum atomic E-state index is 4.87. The summed E-state index contributed by atoms with van der Waals surface area (Å²) in [7, 11) is 0. The Morgan fingerprint density at radius 2 is 1.62 bits per heavy atom. The molecule has 2 aromatic heterocycles. The van der Waals surface area contributed by atoms with Crippen molar-refractivity contribution in [3.05, 3.63) is 78.1 Å². The van der Waals surface area contributed by atoms with Gasteiger partial charge >= 0.3 is 0 Å². The van der Waals surface area contributed by atoms with Crippen molar-refractivity contribution < 1.29 is 0 Å². The van der Waals surface area contributed by atoms with E-state index in [0.29, 0.717) is 0 Å². The summed E-state index contributed by atoms with van der Waals surface area (Å²) in [6.45, 7) is 1.95. The second-order valence-corrected chi connectivity index (χ2v) is 6.45. The number of rotatable bonds is 4. The summed E-state index contributed by atoms with van der Waals surface area (Å²) in [6, 6.07) is 22.6. The molecule has 0 spiro atoms. The van der Waals surface area contributed by atoms with Gasteiger partial charge in [0.25, 0.3) is 0 Å². The topological polar surface area (TPSA) is 43.1 Å². The lowest BCUT2D eigenvalue weighted by atomic mass is 10.1. The molecule has 118 valence electrons. The maximum Gasteiger partial charge on any atom is 0.176 e. The molecule has 2 heterocycles. The molecule has 0 fully saturated rings. The number of thioether (sulfide) groups is 1. The number of benzene rings is 2. The van der Waals surface area contributed by atoms with Crippen molar-refractivity contribution in [1.29, 1.82) is 0 Å². The molecule has 0 amide bonds. The molecule has 4 rings (SSSR count). The number of nitrogens with zero attached hydrogens (tertiary/aromatic N) is 4. The normalized spacial score (nSPS) is 11.0. The van der Waals surface area contributed by atoms with Gasteiger partial charge in [-0.3, -0.25) is 4.40 Å². The van der Waals surface area contributed by atoms with Crippen molar-refractivity contribution in [2.75, 3.05) is 0 Å². The van der Waals surface area contributed by atoms with Gasteiger partial charge in [-0.05, 0) is 12.5 Å². The van der Waals surface area contributed by atoms with Crippen LogP contribution in [0.4, 0.5) is 0 Å². The van der Waals surface area contributed by atoms with Crippen LogP contribution in [-0.4, -0.2) is 19.6 Å². The molecule has 0 saturated carbocycles. The second kappa shape index (κ2) is 6.45. The van der Waals surface area contributed by atoms with Gasteiger partial charge < -0.3 is 0 Å². The Bertz CT molecular complexity index is 965. The third kappa shape index (κ3) is 2.90. The highest BCUT2D eigenvalue weighted by Gasteiger charge is 2.12. The Balaban J connectivity index is 1.76. The molecule has 0 aliphatic carbocycles. The van der Waals surface area contributed by atoms with Gasteiger partial charge in [0.05, 0.1) is 5.69 Å². The van der Waals surface area contributed by atoms with Gasteiger partial charge in [0.2, 0.25) is 0 Å². The van der Waals surface area contributed by atoms with Crippen LogP contribution >= 0.6 is 11.8 Å². The molecule has 0 radical (unpaired) electrons. The van der Waals surface area contributed by atoms with Gasteiger partial charge in [-0.25, -0.2) is 4.98 Å². The molecular formula is C19H16N4S. The predicted octanol–water partition coefficient (Wildman–Crippen LogP) is 4.39. The molecule has 0 bridgehead atoms. The second-order valence-electron chi connectivity index (χ2n) is 5.51. The van der Waals surface area contributed by atoms with Gasteiger partial charge in [-0.15, -0.1) is 10.2 Å². The average molecular weight is 332 g/mol. The zero-order valence-corrected chi connectivity index (χ0v) is 14.1. The molecule has 0 atom stereocenters. The third-order valence-corrected chi connectivity index (χ3v) is 4.81.